The van der Waals surface area contributed by atoms with Gasteiger partial charge in [0.2, 0.25) is 0 Å². The molecule has 1 rings (SSSR count). The summed E-state index contributed by atoms with van der Waals surface area (Å²) in [5.74, 6) is -0.472. The second kappa shape index (κ2) is 6.83. The Balaban J connectivity index is 2.57. The van der Waals surface area contributed by atoms with Crippen molar-refractivity contribution in [3.63, 3.8) is 0 Å². The summed E-state index contributed by atoms with van der Waals surface area (Å²) in [5.41, 5.74) is 0.442. The molecule has 0 aromatic heterocycles. The third-order valence-electron chi connectivity index (χ3n) is 2.25. The number of benzene rings is 1. The van der Waals surface area contributed by atoms with Crippen molar-refractivity contribution >= 4 is 5.97 Å². The molecular weight excluding hydrogens is 220 g/mol. The minimum Gasteiger partial charge on any atom is -0.454 e. The predicted octanol–water partition coefficient (Wildman–Crippen LogP) is 1.14. The van der Waals surface area contributed by atoms with Crippen LogP contribution in [0, 0.1) is 0 Å². The molecule has 2 N–H and O–H groups in total. The number of aliphatic hydroxyl groups is 2. The highest BCUT2D eigenvalue weighted by atomic mass is 16.5. The molecule has 0 fully saturated rings. The number of rotatable bonds is 6. The molecule has 0 aliphatic carbocycles. The number of esters is 1. The van der Waals surface area contributed by atoms with E-state index in [1.165, 1.54) is 6.08 Å². The molecule has 17 heavy (non-hydrogen) atoms. The van der Waals surface area contributed by atoms with Gasteiger partial charge in [-0.1, -0.05) is 30.9 Å². The number of hydrogen-bond acceptors (Lipinski definition) is 4. The molecule has 0 unspecified atom stereocenters. The Hall–Kier alpha value is -1.65. The Bertz CT molecular complexity index is 361. The van der Waals surface area contributed by atoms with E-state index in [1.807, 2.05) is 0 Å². The van der Waals surface area contributed by atoms with E-state index >= 15 is 0 Å². The van der Waals surface area contributed by atoms with Gasteiger partial charge in [-0.05, 0) is 12.1 Å². The lowest BCUT2D eigenvalue weighted by Crippen LogP contribution is -2.24. The van der Waals surface area contributed by atoms with Crippen LogP contribution in [-0.4, -0.2) is 35.0 Å². The van der Waals surface area contributed by atoms with Gasteiger partial charge in [0.05, 0.1) is 18.3 Å². The van der Waals surface area contributed by atoms with Crippen LogP contribution in [0.15, 0.2) is 43.0 Å². The number of carbonyl (C=O) groups excluding carboxylic acids is 1. The molecule has 0 bridgehead atoms. The summed E-state index contributed by atoms with van der Waals surface area (Å²) < 4.78 is 5.13. The van der Waals surface area contributed by atoms with E-state index in [2.05, 4.69) is 6.58 Å². The fourth-order valence-corrected chi connectivity index (χ4v) is 1.31. The number of carbonyl (C=O) groups is 1. The average Bonchev–Trinajstić information content (AvgIpc) is 2.38. The molecule has 0 heterocycles. The fraction of sp³-hybridized carbons (Fsp3) is 0.308. The van der Waals surface area contributed by atoms with Crippen LogP contribution in [0.25, 0.3) is 0 Å². The third-order valence-corrected chi connectivity index (χ3v) is 2.25. The van der Waals surface area contributed by atoms with Crippen LogP contribution in [0.3, 0.4) is 0 Å². The van der Waals surface area contributed by atoms with Gasteiger partial charge in [-0.15, -0.1) is 0 Å². The Labute approximate surface area is 100 Å². The molecular formula is C13H16O4. The van der Waals surface area contributed by atoms with Gasteiger partial charge in [-0.3, -0.25) is 0 Å². The summed E-state index contributed by atoms with van der Waals surface area (Å²) in [6.07, 6.45) is 0.0459. The zero-order valence-electron chi connectivity index (χ0n) is 9.45. The molecule has 0 radical (unpaired) electrons. The standard InChI is InChI=1S/C13H16O4/c1-2-12(8-11(15)9-14)17-13(16)10-6-4-3-5-7-10/h2-7,11-12,14-15H,1,8-9H2/t11-,12+/m0/s1. The molecule has 0 spiro atoms. The second-order valence-electron chi connectivity index (χ2n) is 3.62. The Morgan fingerprint density at radius 2 is 2.06 bits per heavy atom. The van der Waals surface area contributed by atoms with Gasteiger partial charge >= 0.3 is 5.97 Å². The van der Waals surface area contributed by atoms with Crippen molar-refractivity contribution in [2.75, 3.05) is 6.61 Å². The lowest BCUT2D eigenvalue weighted by atomic mass is 10.1. The van der Waals surface area contributed by atoms with Crippen molar-refractivity contribution in [3.8, 4) is 0 Å². The highest BCUT2D eigenvalue weighted by molar-refractivity contribution is 5.89. The maximum Gasteiger partial charge on any atom is 0.338 e. The maximum absolute atomic E-state index is 11.7. The number of hydrogen-bond donors (Lipinski definition) is 2. The van der Waals surface area contributed by atoms with Gasteiger partial charge in [-0.25, -0.2) is 4.79 Å². The Kier molecular flexibility index (Phi) is 5.39. The van der Waals surface area contributed by atoms with Crippen LogP contribution in [0.2, 0.25) is 0 Å². The smallest absolute Gasteiger partial charge is 0.338 e. The van der Waals surface area contributed by atoms with Crippen molar-refractivity contribution in [1.82, 2.24) is 0 Å². The van der Waals surface area contributed by atoms with E-state index in [1.54, 1.807) is 30.3 Å². The highest BCUT2D eigenvalue weighted by Crippen LogP contribution is 2.09. The second-order valence-corrected chi connectivity index (χ2v) is 3.62. The Morgan fingerprint density at radius 1 is 1.41 bits per heavy atom. The van der Waals surface area contributed by atoms with Gasteiger partial charge in [0, 0.05) is 6.42 Å². The minimum absolute atomic E-state index is 0.137. The first-order chi connectivity index (χ1) is 8.17. The largest absolute Gasteiger partial charge is 0.454 e. The van der Waals surface area contributed by atoms with Crippen LogP contribution in [0.5, 0.6) is 0 Å². The summed E-state index contributed by atoms with van der Waals surface area (Å²) in [5, 5.41) is 18.0. The Morgan fingerprint density at radius 3 is 2.59 bits per heavy atom. The first-order valence-electron chi connectivity index (χ1n) is 5.35. The topological polar surface area (TPSA) is 66.8 Å². The van der Waals surface area contributed by atoms with Crippen LogP contribution < -0.4 is 0 Å². The van der Waals surface area contributed by atoms with E-state index < -0.39 is 18.2 Å². The monoisotopic (exact) mass is 236 g/mol. The summed E-state index contributed by atoms with van der Waals surface area (Å²) in [6, 6.07) is 8.57. The third kappa shape index (κ3) is 4.38. The molecule has 1 aromatic carbocycles. The van der Waals surface area contributed by atoms with E-state index in [9.17, 15) is 9.90 Å². The minimum atomic E-state index is -0.915. The fourth-order valence-electron chi connectivity index (χ4n) is 1.31. The SMILES string of the molecule is C=C[C@H](C[C@H](O)CO)OC(=O)c1ccccc1. The molecule has 0 aliphatic heterocycles. The van der Waals surface area contributed by atoms with Crippen molar-refractivity contribution in [1.29, 1.82) is 0 Å². The van der Waals surface area contributed by atoms with Crippen molar-refractivity contribution in [2.45, 2.75) is 18.6 Å². The predicted molar refractivity (Wildman–Crippen MR) is 63.6 cm³/mol. The van der Waals surface area contributed by atoms with Crippen LogP contribution in [0.4, 0.5) is 0 Å². The van der Waals surface area contributed by atoms with Crippen LogP contribution in [-0.2, 0) is 4.74 Å². The van der Waals surface area contributed by atoms with E-state index in [-0.39, 0.29) is 13.0 Å². The van der Waals surface area contributed by atoms with Crippen LogP contribution in [0.1, 0.15) is 16.8 Å². The zero-order valence-corrected chi connectivity index (χ0v) is 9.45. The maximum atomic E-state index is 11.7. The van der Waals surface area contributed by atoms with Gasteiger partial charge < -0.3 is 14.9 Å². The molecule has 1 aromatic rings. The summed E-state index contributed by atoms with van der Waals surface area (Å²) in [7, 11) is 0. The highest BCUT2D eigenvalue weighted by Gasteiger charge is 2.16. The summed E-state index contributed by atoms with van der Waals surface area (Å²) >= 11 is 0. The lowest BCUT2D eigenvalue weighted by molar-refractivity contribution is 0.0177. The lowest BCUT2D eigenvalue weighted by Gasteiger charge is -2.16. The molecule has 0 aliphatic rings. The van der Waals surface area contributed by atoms with Gasteiger partial charge in [0.15, 0.2) is 0 Å². The van der Waals surface area contributed by atoms with E-state index in [4.69, 9.17) is 9.84 Å². The summed E-state index contributed by atoms with van der Waals surface area (Å²) in [6.45, 7) is 3.16. The molecule has 92 valence electrons. The van der Waals surface area contributed by atoms with E-state index in [0.29, 0.717) is 5.56 Å². The number of ether oxygens (including phenoxy) is 1. The summed E-state index contributed by atoms with van der Waals surface area (Å²) in [4.78, 5) is 11.7. The molecule has 4 heteroatoms. The normalized spacial score (nSPS) is 13.8. The molecule has 4 nitrogen and oxygen atoms in total. The van der Waals surface area contributed by atoms with Crippen molar-refractivity contribution in [2.24, 2.45) is 0 Å². The first-order valence-corrected chi connectivity index (χ1v) is 5.35. The molecule has 0 saturated carbocycles. The van der Waals surface area contributed by atoms with Crippen molar-refractivity contribution < 1.29 is 19.7 Å². The van der Waals surface area contributed by atoms with Crippen molar-refractivity contribution in [3.05, 3.63) is 48.6 Å². The van der Waals surface area contributed by atoms with Gasteiger partial charge in [-0.2, -0.15) is 0 Å². The van der Waals surface area contributed by atoms with Gasteiger partial charge in [0.1, 0.15) is 6.10 Å². The zero-order chi connectivity index (χ0) is 12.7. The number of aliphatic hydroxyl groups excluding tert-OH is 2. The van der Waals surface area contributed by atoms with Gasteiger partial charge in [0.25, 0.3) is 0 Å². The molecule has 0 saturated heterocycles. The van der Waals surface area contributed by atoms with E-state index in [0.717, 1.165) is 0 Å². The molecule has 2 atom stereocenters. The average molecular weight is 236 g/mol. The first kappa shape index (κ1) is 13.4. The molecule has 0 amide bonds. The van der Waals surface area contributed by atoms with Crippen LogP contribution >= 0.6 is 0 Å². The quantitative estimate of drug-likeness (QED) is 0.574.